The summed E-state index contributed by atoms with van der Waals surface area (Å²) in [5.74, 6) is -0.623. The van der Waals surface area contributed by atoms with Crippen molar-refractivity contribution < 1.29 is 18.0 Å². The first-order chi connectivity index (χ1) is 19.6. The van der Waals surface area contributed by atoms with Gasteiger partial charge in [0.05, 0.1) is 10.6 Å². The van der Waals surface area contributed by atoms with Gasteiger partial charge in [0.15, 0.2) is 0 Å². The first kappa shape index (κ1) is 30.3. The molecule has 0 bridgehead atoms. The normalized spacial score (nSPS) is 14.4. The molecule has 0 aliphatic heterocycles. The highest BCUT2D eigenvalue weighted by atomic mass is 32.2. The minimum Gasteiger partial charge on any atom is -0.352 e. The molecular weight excluding hydrogens is 534 g/mol. The summed E-state index contributed by atoms with van der Waals surface area (Å²) in [6.07, 6.45) is 4.44. The molecule has 3 aromatic carbocycles. The van der Waals surface area contributed by atoms with Gasteiger partial charge >= 0.3 is 0 Å². The Kier molecular flexibility index (Phi) is 9.86. The van der Waals surface area contributed by atoms with Crippen LogP contribution in [-0.4, -0.2) is 43.8 Å². The number of rotatable bonds is 11. The SMILES string of the molecule is CCC(C(=O)NC1CCCC1)N(Cc1ccccc1)C(=O)CN(c1cc(C)ccc1C)S(=O)(=O)c1ccc(C)cc1. The van der Waals surface area contributed by atoms with Gasteiger partial charge in [0.2, 0.25) is 11.8 Å². The van der Waals surface area contributed by atoms with E-state index in [0.29, 0.717) is 12.1 Å². The molecule has 0 saturated heterocycles. The van der Waals surface area contributed by atoms with Crippen LogP contribution in [0.4, 0.5) is 5.69 Å². The summed E-state index contributed by atoms with van der Waals surface area (Å²) >= 11 is 0. The maximum Gasteiger partial charge on any atom is 0.264 e. The second kappa shape index (κ2) is 13.3. The van der Waals surface area contributed by atoms with E-state index in [0.717, 1.165) is 47.9 Å². The highest BCUT2D eigenvalue weighted by Crippen LogP contribution is 2.29. The number of nitrogens with zero attached hydrogens (tertiary/aromatic N) is 2. The lowest BCUT2D eigenvalue weighted by molar-refractivity contribution is -0.140. The maximum atomic E-state index is 14.2. The van der Waals surface area contributed by atoms with Gasteiger partial charge in [-0.3, -0.25) is 13.9 Å². The monoisotopic (exact) mass is 575 g/mol. The summed E-state index contributed by atoms with van der Waals surface area (Å²) < 4.78 is 29.4. The maximum absolute atomic E-state index is 14.2. The van der Waals surface area contributed by atoms with E-state index in [1.165, 1.54) is 4.31 Å². The van der Waals surface area contributed by atoms with Crippen molar-refractivity contribution >= 4 is 27.5 Å². The van der Waals surface area contributed by atoms with Crippen molar-refractivity contribution in [3.05, 3.63) is 95.1 Å². The fourth-order valence-electron chi connectivity index (χ4n) is 5.41. The van der Waals surface area contributed by atoms with Gasteiger partial charge in [0.1, 0.15) is 12.6 Å². The zero-order valence-corrected chi connectivity index (χ0v) is 25.3. The first-order valence-electron chi connectivity index (χ1n) is 14.4. The highest BCUT2D eigenvalue weighted by molar-refractivity contribution is 7.92. The van der Waals surface area contributed by atoms with Gasteiger partial charge in [0, 0.05) is 12.6 Å². The molecule has 1 aliphatic carbocycles. The van der Waals surface area contributed by atoms with Gasteiger partial charge in [-0.05, 0) is 74.9 Å². The number of hydrogen-bond donors (Lipinski definition) is 1. The van der Waals surface area contributed by atoms with Crippen LogP contribution in [0.25, 0.3) is 0 Å². The second-order valence-corrected chi connectivity index (χ2v) is 12.9. The van der Waals surface area contributed by atoms with Crippen molar-refractivity contribution in [3.8, 4) is 0 Å². The Morgan fingerprint density at radius 2 is 1.54 bits per heavy atom. The van der Waals surface area contributed by atoms with Crippen LogP contribution in [0.2, 0.25) is 0 Å². The Morgan fingerprint density at radius 1 is 0.902 bits per heavy atom. The fourth-order valence-corrected chi connectivity index (χ4v) is 6.88. The van der Waals surface area contributed by atoms with Crippen molar-refractivity contribution in [1.82, 2.24) is 10.2 Å². The molecule has 1 saturated carbocycles. The lowest BCUT2D eigenvalue weighted by Crippen LogP contribution is -2.53. The molecule has 0 spiro atoms. The quantitative estimate of drug-likeness (QED) is 0.319. The Labute approximate surface area is 244 Å². The standard InChI is InChI=1S/C33H41N3O4S/c1-5-30(33(38)34-28-13-9-10-14-28)35(22-27-11-7-6-8-12-27)32(37)23-36(31-21-25(3)15-18-26(31)4)41(39,40)29-19-16-24(2)17-20-29/h6-8,11-12,15-21,28,30H,5,9-10,13-14,22-23H2,1-4H3,(H,34,38). The molecule has 0 radical (unpaired) electrons. The van der Waals surface area contributed by atoms with Crippen molar-refractivity contribution in [3.63, 3.8) is 0 Å². The topological polar surface area (TPSA) is 86.8 Å². The molecule has 8 heteroatoms. The number of amides is 2. The number of carbonyl (C=O) groups is 2. The molecule has 1 fully saturated rings. The van der Waals surface area contributed by atoms with E-state index in [1.54, 1.807) is 35.2 Å². The number of anilines is 1. The Morgan fingerprint density at radius 3 is 2.17 bits per heavy atom. The molecule has 1 N–H and O–H groups in total. The minimum absolute atomic E-state index is 0.109. The predicted molar refractivity (Wildman–Crippen MR) is 163 cm³/mol. The second-order valence-electron chi connectivity index (χ2n) is 11.0. The summed E-state index contributed by atoms with van der Waals surface area (Å²) in [7, 11) is -4.10. The van der Waals surface area contributed by atoms with Gasteiger partial charge in [-0.15, -0.1) is 0 Å². The Hall–Kier alpha value is -3.65. The van der Waals surface area contributed by atoms with E-state index in [4.69, 9.17) is 0 Å². The third-order valence-corrected chi connectivity index (χ3v) is 9.58. The predicted octanol–water partition coefficient (Wildman–Crippen LogP) is 5.67. The molecule has 218 valence electrons. The fraction of sp³-hybridized carbons (Fsp3) is 0.394. The summed E-state index contributed by atoms with van der Waals surface area (Å²) in [6.45, 7) is 7.27. The molecule has 0 aromatic heterocycles. The first-order valence-corrected chi connectivity index (χ1v) is 15.8. The summed E-state index contributed by atoms with van der Waals surface area (Å²) in [5.41, 5.74) is 3.87. The van der Waals surface area contributed by atoms with Gasteiger partial charge in [-0.2, -0.15) is 0 Å². The average Bonchev–Trinajstić information content (AvgIpc) is 3.46. The van der Waals surface area contributed by atoms with E-state index in [9.17, 15) is 18.0 Å². The number of carbonyl (C=O) groups excluding carboxylic acids is 2. The molecule has 1 aliphatic rings. The van der Waals surface area contributed by atoms with Gasteiger partial charge < -0.3 is 10.2 Å². The van der Waals surface area contributed by atoms with Crippen LogP contribution in [0.5, 0.6) is 0 Å². The van der Waals surface area contributed by atoms with E-state index in [-0.39, 0.29) is 23.4 Å². The number of aryl methyl sites for hydroxylation is 3. The molecule has 0 heterocycles. The van der Waals surface area contributed by atoms with Crippen LogP contribution in [0.15, 0.2) is 77.7 Å². The van der Waals surface area contributed by atoms with Crippen LogP contribution in [-0.2, 0) is 26.2 Å². The van der Waals surface area contributed by atoms with E-state index >= 15 is 0 Å². The summed E-state index contributed by atoms with van der Waals surface area (Å²) in [4.78, 5) is 29.4. The van der Waals surface area contributed by atoms with E-state index in [1.807, 2.05) is 70.2 Å². The molecule has 3 aromatic rings. The molecule has 1 unspecified atom stereocenters. The highest BCUT2D eigenvalue weighted by Gasteiger charge is 2.35. The molecule has 2 amide bonds. The third-order valence-electron chi connectivity index (χ3n) is 7.80. The van der Waals surface area contributed by atoms with Gasteiger partial charge in [0.25, 0.3) is 10.0 Å². The number of nitrogens with one attached hydrogen (secondary N) is 1. The zero-order valence-electron chi connectivity index (χ0n) is 24.5. The molecular formula is C33H41N3O4S. The zero-order chi connectivity index (χ0) is 29.6. The molecule has 4 rings (SSSR count). The van der Waals surface area contributed by atoms with Crippen LogP contribution in [0, 0.1) is 20.8 Å². The van der Waals surface area contributed by atoms with E-state index < -0.39 is 28.5 Å². The summed E-state index contributed by atoms with van der Waals surface area (Å²) in [5, 5.41) is 3.15. The lowest BCUT2D eigenvalue weighted by atomic mass is 10.1. The van der Waals surface area contributed by atoms with Crippen molar-refractivity contribution in [1.29, 1.82) is 0 Å². The Bertz CT molecular complexity index is 1450. The van der Waals surface area contributed by atoms with Gasteiger partial charge in [-0.25, -0.2) is 8.42 Å². The minimum atomic E-state index is -4.10. The average molecular weight is 576 g/mol. The van der Waals surface area contributed by atoms with Crippen molar-refractivity contribution in [2.75, 3.05) is 10.8 Å². The van der Waals surface area contributed by atoms with Crippen molar-refractivity contribution in [2.45, 2.75) is 83.3 Å². The van der Waals surface area contributed by atoms with Crippen LogP contribution in [0.1, 0.15) is 61.3 Å². The smallest absolute Gasteiger partial charge is 0.264 e. The number of benzene rings is 3. The van der Waals surface area contributed by atoms with Crippen molar-refractivity contribution in [2.24, 2.45) is 0 Å². The Balaban J connectivity index is 1.73. The van der Waals surface area contributed by atoms with Crippen LogP contribution < -0.4 is 9.62 Å². The molecule has 1 atom stereocenters. The van der Waals surface area contributed by atoms with E-state index in [2.05, 4.69) is 5.32 Å². The summed E-state index contributed by atoms with van der Waals surface area (Å²) in [6, 6.07) is 21.1. The number of hydrogen-bond acceptors (Lipinski definition) is 4. The van der Waals surface area contributed by atoms with Crippen LogP contribution >= 0.6 is 0 Å². The number of sulfonamides is 1. The molecule has 7 nitrogen and oxygen atoms in total. The van der Waals surface area contributed by atoms with Crippen LogP contribution in [0.3, 0.4) is 0 Å². The molecule has 41 heavy (non-hydrogen) atoms. The largest absolute Gasteiger partial charge is 0.352 e. The third kappa shape index (κ3) is 7.36. The van der Waals surface area contributed by atoms with Gasteiger partial charge in [-0.1, -0.05) is 79.9 Å². The lowest BCUT2D eigenvalue weighted by Gasteiger charge is -2.34.